The molecule has 1 aliphatic rings. The Balaban J connectivity index is 1.22. The third-order valence-corrected chi connectivity index (χ3v) is 7.78. The molecule has 10 nitrogen and oxygen atoms in total. The summed E-state index contributed by atoms with van der Waals surface area (Å²) in [6.07, 6.45) is 5.26. The van der Waals surface area contributed by atoms with Gasteiger partial charge in [-0.1, -0.05) is 42.5 Å². The van der Waals surface area contributed by atoms with Crippen LogP contribution in [-0.2, 0) is 32.4 Å². The molecule has 0 saturated heterocycles. The second kappa shape index (κ2) is 13.7. The number of hydrogen-bond acceptors (Lipinski definition) is 8. The van der Waals surface area contributed by atoms with Gasteiger partial charge in [-0.2, -0.15) is 0 Å². The Hall–Kier alpha value is -4.25. The first-order valence-electron chi connectivity index (χ1n) is 13.1. The number of benzene rings is 2. The van der Waals surface area contributed by atoms with Crippen LogP contribution in [0.15, 0.2) is 77.8 Å². The lowest BCUT2D eigenvalue weighted by Crippen LogP contribution is -2.30. The average Bonchev–Trinajstić information content (AvgIpc) is 3.46. The molecule has 2 amide bonds. The molecule has 40 heavy (non-hydrogen) atoms. The first-order valence-corrected chi connectivity index (χ1v) is 14.6. The van der Waals surface area contributed by atoms with E-state index in [1.165, 1.54) is 24.3 Å². The molecule has 0 aliphatic heterocycles. The average molecular weight is 566 g/mol. The zero-order valence-electron chi connectivity index (χ0n) is 21.9. The molecule has 0 atom stereocenters. The molecular weight excluding hydrogens is 534 g/mol. The molecular formula is C29H31N3O7S. The van der Waals surface area contributed by atoms with Gasteiger partial charge < -0.3 is 14.8 Å². The lowest BCUT2D eigenvalue weighted by molar-refractivity contribution is -0.121. The van der Waals surface area contributed by atoms with Gasteiger partial charge in [0.2, 0.25) is 11.8 Å². The molecule has 4 rings (SSSR count). The normalized spacial score (nSPS) is 13.4. The van der Waals surface area contributed by atoms with Gasteiger partial charge in [-0.15, -0.1) is 0 Å². The maximum absolute atomic E-state index is 12.7. The monoisotopic (exact) mass is 565 g/mol. The van der Waals surface area contributed by atoms with E-state index in [1.54, 1.807) is 12.1 Å². The smallest absolute Gasteiger partial charge is 0.431 e. The van der Waals surface area contributed by atoms with Gasteiger partial charge in [-0.25, -0.2) is 22.9 Å². The van der Waals surface area contributed by atoms with Gasteiger partial charge in [0.05, 0.1) is 10.5 Å². The summed E-state index contributed by atoms with van der Waals surface area (Å²) in [5, 5.41) is 2.87. The predicted molar refractivity (Wildman–Crippen MR) is 146 cm³/mol. The summed E-state index contributed by atoms with van der Waals surface area (Å²) in [4.78, 5) is 40.2. The lowest BCUT2D eigenvalue weighted by Gasteiger charge is -2.11. The quantitative estimate of drug-likeness (QED) is 0.333. The summed E-state index contributed by atoms with van der Waals surface area (Å²) < 4.78 is 37.6. The fraction of sp³-hybridized carbons (Fsp3) is 0.310. The molecule has 1 aliphatic carbocycles. The maximum Gasteiger partial charge on any atom is 0.515 e. The number of carbonyl (C=O) groups is 3. The Bertz CT molecular complexity index is 1400. The highest BCUT2D eigenvalue weighted by Gasteiger charge is 2.22. The van der Waals surface area contributed by atoms with Crippen LogP contribution < -0.4 is 14.8 Å². The van der Waals surface area contributed by atoms with Crippen molar-refractivity contribution in [1.82, 2.24) is 15.0 Å². The SMILES string of the molecule is O=C(CCc1ccccc1)NCCc1ccc(S(=O)(=O)NC(=O)c2ccc(OC(=O)OC3CCCC3)nc2)cc1. The molecule has 1 fully saturated rings. The number of carbonyl (C=O) groups excluding carboxylic acids is 3. The first-order chi connectivity index (χ1) is 19.3. The van der Waals surface area contributed by atoms with Gasteiger partial charge in [0.15, 0.2) is 0 Å². The second-order valence-corrected chi connectivity index (χ2v) is 11.1. The summed E-state index contributed by atoms with van der Waals surface area (Å²) in [7, 11) is -4.14. The van der Waals surface area contributed by atoms with Crippen LogP contribution in [0.5, 0.6) is 5.88 Å². The van der Waals surface area contributed by atoms with Crippen LogP contribution >= 0.6 is 0 Å². The fourth-order valence-electron chi connectivity index (χ4n) is 4.24. The van der Waals surface area contributed by atoms with E-state index in [-0.39, 0.29) is 28.4 Å². The summed E-state index contributed by atoms with van der Waals surface area (Å²) >= 11 is 0. The van der Waals surface area contributed by atoms with Crippen LogP contribution in [-0.4, -0.2) is 44.0 Å². The van der Waals surface area contributed by atoms with Crippen molar-refractivity contribution in [2.24, 2.45) is 0 Å². The summed E-state index contributed by atoms with van der Waals surface area (Å²) in [5.74, 6) is -0.996. The van der Waals surface area contributed by atoms with Gasteiger partial charge in [0, 0.05) is 25.2 Å². The van der Waals surface area contributed by atoms with Gasteiger partial charge >= 0.3 is 6.16 Å². The number of amides is 2. The van der Waals surface area contributed by atoms with Crippen molar-refractivity contribution in [3.8, 4) is 5.88 Å². The van der Waals surface area contributed by atoms with E-state index in [0.29, 0.717) is 25.8 Å². The maximum atomic E-state index is 12.7. The summed E-state index contributed by atoms with van der Waals surface area (Å²) in [5.41, 5.74) is 1.90. The van der Waals surface area contributed by atoms with E-state index in [1.807, 2.05) is 35.1 Å². The molecule has 1 saturated carbocycles. The summed E-state index contributed by atoms with van der Waals surface area (Å²) in [6.45, 7) is 0.418. The van der Waals surface area contributed by atoms with Crippen LogP contribution in [0, 0.1) is 0 Å². The minimum absolute atomic E-state index is 0.0280. The van der Waals surface area contributed by atoms with Crippen molar-refractivity contribution >= 4 is 28.0 Å². The van der Waals surface area contributed by atoms with Crippen molar-refractivity contribution in [3.05, 3.63) is 89.6 Å². The Morgan fingerprint density at radius 1 is 0.875 bits per heavy atom. The number of nitrogens with one attached hydrogen (secondary N) is 2. The largest absolute Gasteiger partial charge is 0.515 e. The molecule has 210 valence electrons. The van der Waals surface area contributed by atoms with Crippen molar-refractivity contribution < 1.29 is 32.3 Å². The number of aryl methyl sites for hydroxylation is 1. The van der Waals surface area contributed by atoms with Crippen LogP contribution in [0.4, 0.5) is 4.79 Å². The van der Waals surface area contributed by atoms with Crippen molar-refractivity contribution in [2.75, 3.05) is 6.54 Å². The van der Waals surface area contributed by atoms with Crippen LogP contribution in [0.3, 0.4) is 0 Å². The lowest BCUT2D eigenvalue weighted by atomic mass is 10.1. The van der Waals surface area contributed by atoms with E-state index >= 15 is 0 Å². The van der Waals surface area contributed by atoms with Crippen LogP contribution in [0.25, 0.3) is 0 Å². The topological polar surface area (TPSA) is 141 Å². The summed E-state index contributed by atoms with van der Waals surface area (Å²) in [6, 6.07) is 18.4. The molecule has 0 spiro atoms. The molecule has 2 aromatic carbocycles. The van der Waals surface area contributed by atoms with E-state index < -0.39 is 22.1 Å². The fourth-order valence-corrected chi connectivity index (χ4v) is 5.21. The molecule has 1 aromatic heterocycles. The van der Waals surface area contributed by atoms with Crippen molar-refractivity contribution in [1.29, 1.82) is 0 Å². The number of hydrogen-bond donors (Lipinski definition) is 2. The molecule has 2 N–H and O–H groups in total. The molecule has 1 heterocycles. The predicted octanol–water partition coefficient (Wildman–Crippen LogP) is 3.95. The van der Waals surface area contributed by atoms with Gasteiger partial charge in [-0.3, -0.25) is 9.59 Å². The molecule has 0 unspecified atom stereocenters. The van der Waals surface area contributed by atoms with Crippen LogP contribution in [0.1, 0.15) is 53.6 Å². The Kier molecular flexibility index (Phi) is 9.85. The molecule has 3 aromatic rings. The molecule has 0 bridgehead atoms. The Labute approximate surface area is 233 Å². The number of aromatic nitrogens is 1. The van der Waals surface area contributed by atoms with E-state index in [4.69, 9.17) is 9.47 Å². The third-order valence-electron chi connectivity index (χ3n) is 6.43. The highest BCUT2D eigenvalue weighted by molar-refractivity contribution is 7.90. The highest BCUT2D eigenvalue weighted by Crippen LogP contribution is 2.22. The van der Waals surface area contributed by atoms with E-state index in [9.17, 15) is 22.8 Å². The van der Waals surface area contributed by atoms with Gasteiger partial charge in [-0.05, 0) is 67.9 Å². The number of pyridine rings is 1. The highest BCUT2D eigenvalue weighted by atomic mass is 32.2. The zero-order valence-corrected chi connectivity index (χ0v) is 22.7. The first kappa shape index (κ1) is 28.8. The van der Waals surface area contributed by atoms with E-state index in [2.05, 4.69) is 10.3 Å². The van der Waals surface area contributed by atoms with Gasteiger partial charge in [0.25, 0.3) is 15.9 Å². The number of ether oxygens (including phenoxy) is 2. The minimum Gasteiger partial charge on any atom is -0.431 e. The van der Waals surface area contributed by atoms with Crippen molar-refractivity contribution in [3.63, 3.8) is 0 Å². The Morgan fingerprint density at radius 2 is 1.57 bits per heavy atom. The minimum atomic E-state index is -4.14. The third kappa shape index (κ3) is 8.63. The van der Waals surface area contributed by atoms with E-state index in [0.717, 1.165) is 43.0 Å². The number of rotatable bonds is 11. The number of sulfonamides is 1. The van der Waals surface area contributed by atoms with Crippen LogP contribution in [0.2, 0.25) is 0 Å². The number of nitrogens with zero attached hydrogens (tertiary/aromatic N) is 1. The van der Waals surface area contributed by atoms with Gasteiger partial charge in [0.1, 0.15) is 6.10 Å². The standard InChI is InChI=1S/C29H31N3O7S/c33-26(16-12-21-6-2-1-3-7-21)30-19-18-22-10-14-25(15-11-22)40(36,37)32-28(34)23-13-17-27(31-20-23)39-29(35)38-24-8-4-5-9-24/h1-3,6-7,10-11,13-15,17,20,24H,4-5,8-9,12,16,18-19H2,(H,30,33)(H,32,34). The van der Waals surface area contributed by atoms with Crippen molar-refractivity contribution in [2.45, 2.75) is 55.9 Å². The zero-order chi connectivity index (χ0) is 28.4. The molecule has 11 heteroatoms. The molecule has 0 radical (unpaired) electrons. The Morgan fingerprint density at radius 3 is 2.25 bits per heavy atom. The second-order valence-electron chi connectivity index (χ2n) is 9.43.